The minimum atomic E-state index is 0. The summed E-state index contributed by atoms with van der Waals surface area (Å²) in [5, 5.41) is 0. The van der Waals surface area contributed by atoms with Crippen LogP contribution in [0.15, 0.2) is 0 Å². The lowest BCUT2D eigenvalue weighted by atomic mass is 9.93. The third-order valence-electron chi connectivity index (χ3n) is 3.50. The lowest BCUT2D eigenvalue weighted by molar-refractivity contribution is -0.136. The summed E-state index contributed by atoms with van der Waals surface area (Å²) < 4.78 is 0. The number of nitrogens with zero attached hydrogens (tertiary/aromatic N) is 1. The first-order chi connectivity index (χ1) is 6.66. The smallest absolute Gasteiger partial charge is 0.225 e. The van der Waals surface area contributed by atoms with Gasteiger partial charge in [-0.2, -0.15) is 0 Å². The fraction of sp³-hybridized carbons (Fsp3) is 0.929. The van der Waals surface area contributed by atoms with E-state index in [0.29, 0.717) is 11.9 Å². The van der Waals surface area contributed by atoms with Gasteiger partial charge in [-0.05, 0) is 19.3 Å². The van der Waals surface area contributed by atoms with Gasteiger partial charge in [-0.25, -0.2) is 0 Å². The molecule has 1 aliphatic carbocycles. The highest BCUT2D eigenvalue weighted by molar-refractivity contribution is 5.78. The largest absolute Gasteiger partial charge is 0.343 e. The maximum absolute atomic E-state index is 11.9. The summed E-state index contributed by atoms with van der Waals surface area (Å²) in [6, 6.07) is 0.519. The molecule has 0 spiro atoms. The Labute approximate surface area is 102 Å². The first-order valence-corrected chi connectivity index (χ1v) is 5.93. The SMILES string of the molecule is C.C.CCC(C)C(=O)N(C)C1CCCCC1. The van der Waals surface area contributed by atoms with Crippen molar-refractivity contribution in [1.29, 1.82) is 0 Å². The van der Waals surface area contributed by atoms with Gasteiger partial charge >= 0.3 is 0 Å². The van der Waals surface area contributed by atoms with Gasteiger partial charge in [0.1, 0.15) is 0 Å². The molecule has 1 aliphatic rings. The van der Waals surface area contributed by atoms with E-state index in [1.54, 1.807) is 0 Å². The lowest BCUT2D eigenvalue weighted by Crippen LogP contribution is -2.40. The summed E-state index contributed by atoms with van der Waals surface area (Å²) in [5.74, 6) is 0.529. The third-order valence-corrected chi connectivity index (χ3v) is 3.50. The van der Waals surface area contributed by atoms with Gasteiger partial charge < -0.3 is 4.90 Å². The molecular formula is C14H31NO. The summed E-state index contributed by atoms with van der Waals surface area (Å²) in [5.41, 5.74) is 0. The Kier molecular flexibility index (Phi) is 9.60. The molecular weight excluding hydrogens is 198 g/mol. The molecule has 0 N–H and O–H groups in total. The number of amides is 1. The average molecular weight is 229 g/mol. The van der Waals surface area contributed by atoms with Crippen LogP contribution in [0.2, 0.25) is 0 Å². The van der Waals surface area contributed by atoms with Crippen LogP contribution in [0.5, 0.6) is 0 Å². The second-order valence-electron chi connectivity index (χ2n) is 4.55. The molecule has 1 amide bonds. The maximum atomic E-state index is 11.9. The standard InChI is InChI=1S/C12H23NO.2CH4/c1-4-10(2)12(14)13(3)11-8-6-5-7-9-11;;/h10-11H,4-9H2,1-3H3;2*1H4. The van der Waals surface area contributed by atoms with Gasteiger partial charge in [0, 0.05) is 19.0 Å². The van der Waals surface area contributed by atoms with Crippen molar-refractivity contribution in [2.75, 3.05) is 7.05 Å². The van der Waals surface area contributed by atoms with Crippen LogP contribution in [0, 0.1) is 5.92 Å². The molecule has 0 aromatic rings. The number of carbonyl (C=O) groups is 1. The Morgan fingerprint density at radius 3 is 2.19 bits per heavy atom. The zero-order valence-corrected chi connectivity index (χ0v) is 9.75. The van der Waals surface area contributed by atoms with E-state index < -0.39 is 0 Å². The Balaban J connectivity index is 0. The van der Waals surface area contributed by atoms with E-state index in [9.17, 15) is 4.79 Å². The van der Waals surface area contributed by atoms with Gasteiger partial charge in [0.25, 0.3) is 0 Å². The van der Waals surface area contributed by atoms with Crippen molar-refractivity contribution in [2.24, 2.45) is 5.92 Å². The molecule has 0 radical (unpaired) electrons. The predicted octanol–water partition coefficient (Wildman–Crippen LogP) is 4.10. The van der Waals surface area contributed by atoms with Gasteiger partial charge in [0.2, 0.25) is 5.91 Å². The molecule has 2 nitrogen and oxygen atoms in total. The van der Waals surface area contributed by atoms with Crippen molar-refractivity contribution in [3.05, 3.63) is 0 Å². The highest BCUT2D eigenvalue weighted by Crippen LogP contribution is 2.23. The summed E-state index contributed by atoms with van der Waals surface area (Å²) in [6.07, 6.45) is 7.31. The van der Waals surface area contributed by atoms with E-state index in [-0.39, 0.29) is 20.8 Å². The molecule has 0 aromatic heterocycles. The topological polar surface area (TPSA) is 20.3 Å². The van der Waals surface area contributed by atoms with Crippen molar-refractivity contribution in [2.45, 2.75) is 73.3 Å². The quantitative estimate of drug-likeness (QED) is 0.713. The van der Waals surface area contributed by atoms with E-state index in [1.807, 2.05) is 18.9 Å². The van der Waals surface area contributed by atoms with Gasteiger partial charge in [0.15, 0.2) is 0 Å². The van der Waals surface area contributed by atoms with E-state index in [2.05, 4.69) is 6.92 Å². The van der Waals surface area contributed by atoms with Gasteiger partial charge in [0.05, 0.1) is 0 Å². The molecule has 1 unspecified atom stereocenters. The maximum Gasteiger partial charge on any atom is 0.225 e. The molecule has 1 rings (SSSR count). The van der Waals surface area contributed by atoms with E-state index in [1.165, 1.54) is 32.1 Å². The van der Waals surface area contributed by atoms with Crippen LogP contribution < -0.4 is 0 Å². The molecule has 98 valence electrons. The molecule has 1 fully saturated rings. The zero-order valence-electron chi connectivity index (χ0n) is 9.75. The monoisotopic (exact) mass is 229 g/mol. The number of carbonyl (C=O) groups excluding carboxylic acids is 1. The van der Waals surface area contributed by atoms with Crippen LogP contribution in [0.4, 0.5) is 0 Å². The molecule has 0 heterocycles. The van der Waals surface area contributed by atoms with Crippen LogP contribution in [-0.2, 0) is 4.79 Å². The summed E-state index contributed by atoms with van der Waals surface area (Å²) in [7, 11) is 1.98. The van der Waals surface area contributed by atoms with E-state index in [0.717, 1.165) is 6.42 Å². The average Bonchev–Trinajstić information content (AvgIpc) is 2.27. The third kappa shape index (κ3) is 4.54. The summed E-state index contributed by atoms with van der Waals surface area (Å²) in [6.45, 7) is 4.11. The van der Waals surface area contributed by atoms with Crippen LogP contribution >= 0.6 is 0 Å². The molecule has 1 atom stereocenters. The molecule has 0 aliphatic heterocycles. The van der Waals surface area contributed by atoms with Gasteiger partial charge in [-0.15, -0.1) is 0 Å². The molecule has 16 heavy (non-hydrogen) atoms. The highest BCUT2D eigenvalue weighted by Gasteiger charge is 2.24. The molecule has 0 bridgehead atoms. The minimum absolute atomic E-state index is 0. The van der Waals surface area contributed by atoms with Crippen molar-refractivity contribution in [1.82, 2.24) is 4.90 Å². The van der Waals surface area contributed by atoms with E-state index >= 15 is 0 Å². The minimum Gasteiger partial charge on any atom is -0.343 e. The van der Waals surface area contributed by atoms with Crippen LogP contribution in [0.25, 0.3) is 0 Å². The molecule has 0 aromatic carbocycles. The fourth-order valence-electron chi connectivity index (χ4n) is 2.17. The fourth-order valence-corrected chi connectivity index (χ4v) is 2.17. The van der Waals surface area contributed by atoms with Crippen LogP contribution in [-0.4, -0.2) is 23.9 Å². The normalized spacial score (nSPS) is 17.9. The number of hydrogen-bond acceptors (Lipinski definition) is 1. The van der Waals surface area contributed by atoms with Crippen molar-refractivity contribution < 1.29 is 4.79 Å². The summed E-state index contributed by atoms with van der Waals surface area (Å²) in [4.78, 5) is 13.9. The predicted molar refractivity (Wildman–Crippen MR) is 72.6 cm³/mol. The van der Waals surface area contributed by atoms with Gasteiger partial charge in [-0.1, -0.05) is 48.0 Å². The van der Waals surface area contributed by atoms with Crippen molar-refractivity contribution in [3.63, 3.8) is 0 Å². The summed E-state index contributed by atoms with van der Waals surface area (Å²) >= 11 is 0. The second-order valence-corrected chi connectivity index (χ2v) is 4.55. The van der Waals surface area contributed by atoms with Crippen molar-refractivity contribution in [3.8, 4) is 0 Å². The zero-order chi connectivity index (χ0) is 10.6. The van der Waals surface area contributed by atoms with Crippen molar-refractivity contribution >= 4 is 5.91 Å². The Morgan fingerprint density at radius 2 is 1.75 bits per heavy atom. The molecule has 1 saturated carbocycles. The molecule has 2 heteroatoms. The Bertz CT molecular complexity index is 185. The second kappa shape index (κ2) is 8.60. The Hall–Kier alpha value is -0.530. The van der Waals surface area contributed by atoms with Gasteiger partial charge in [-0.3, -0.25) is 4.79 Å². The first-order valence-electron chi connectivity index (χ1n) is 5.93. The van der Waals surface area contributed by atoms with Crippen LogP contribution in [0.1, 0.15) is 67.2 Å². The Morgan fingerprint density at radius 1 is 1.25 bits per heavy atom. The number of hydrogen-bond donors (Lipinski definition) is 0. The van der Waals surface area contributed by atoms with Crippen LogP contribution in [0.3, 0.4) is 0 Å². The lowest BCUT2D eigenvalue weighted by Gasteiger charge is -2.32. The first kappa shape index (κ1) is 17.9. The van der Waals surface area contributed by atoms with E-state index in [4.69, 9.17) is 0 Å². The highest BCUT2D eigenvalue weighted by atomic mass is 16.2. The molecule has 0 saturated heterocycles. The number of rotatable bonds is 3.